The molecule has 3 heteroatoms. The lowest BCUT2D eigenvalue weighted by Crippen LogP contribution is -2.38. The zero-order valence-corrected chi connectivity index (χ0v) is 15.9. The Bertz CT molecular complexity index is 561. The van der Waals surface area contributed by atoms with Crippen LogP contribution in [0.2, 0.25) is 0 Å². The summed E-state index contributed by atoms with van der Waals surface area (Å²) >= 11 is 0. The van der Waals surface area contributed by atoms with Crippen LogP contribution in [0.1, 0.15) is 59.8 Å². The third kappa shape index (κ3) is 2.79. The van der Waals surface area contributed by atoms with Crippen LogP contribution >= 0.6 is 0 Å². The highest BCUT2D eigenvalue weighted by molar-refractivity contribution is 5.40. The van der Waals surface area contributed by atoms with E-state index >= 15 is 0 Å². The van der Waals surface area contributed by atoms with Crippen molar-refractivity contribution >= 4 is 0 Å². The van der Waals surface area contributed by atoms with Gasteiger partial charge in [0, 0.05) is 12.5 Å². The molecule has 3 rings (SSSR count). The zero-order chi connectivity index (χ0) is 17.7. The monoisotopic (exact) mass is 334 g/mol. The lowest BCUT2D eigenvalue weighted by Gasteiger charge is -2.38. The molecule has 0 aliphatic heterocycles. The van der Waals surface area contributed by atoms with Crippen LogP contribution in [-0.4, -0.2) is 35.6 Å². The molecule has 3 aliphatic carbocycles. The number of ether oxygens (including phenoxy) is 1. The number of methoxy groups -OCH3 is 1. The molecule has 0 aromatic rings. The van der Waals surface area contributed by atoms with Gasteiger partial charge in [0.05, 0.1) is 12.7 Å². The van der Waals surface area contributed by atoms with Crippen LogP contribution in [0.3, 0.4) is 0 Å². The lowest BCUT2D eigenvalue weighted by molar-refractivity contribution is -0.00113. The molecule has 0 bridgehead atoms. The fraction of sp³-hybridized carbons (Fsp3) is 0.810. The fourth-order valence-corrected chi connectivity index (χ4v) is 5.45. The van der Waals surface area contributed by atoms with Gasteiger partial charge < -0.3 is 14.9 Å². The molecule has 2 N–H and O–H groups in total. The van der Waals surface area contributed by atoms with Gasteiger partial charge in [0.15, 0.2) is 0 Å². The number of aliphatic hydroxyl groups is 2. The fourth-order valence-electron chi connectivity index (χ4n) is 5.45. The summed E-state index contributed by atoms with van der Waals surface area (Å²) in [7, 11) is 1.66. The van der Waals surface area contributed by atoms with E-state index in [4.69, 9.17) is 4.74 Å². The highest BCUT2D eigenvalue weighted by Crippen LogP contribution is 2.55. The molecule has 24 heavy (non-hydrogen) atoms. The topological polar surface area (TPSA) is 49.7 Å². The van der Waals surface area contributed by atoms with Gasteiger partial charge in [-0.3, -0.25) is 0 Å². The third-order valence-corrected chi connectivity index (χ3v) is 7.01. The summed E-state index contributed by atoms with van der Waals surface area (Å²) in [6.07, 6.45) is 6.71. The van der Waals surface area contributed by atoms with Gasteiger partial charge in [0.2, 0.25) is 0 Å². The molecule has 0 spiro atoms. The van der Waals surface area contributed by atoms with Crippen LogP contribution in [0.25, 0.3) is 0 Å². The van der Waals surface area contributed by atoms with E-state index in [2.05, 4.69) is 33.8 Å². The number of hydrogen-bond donors (Lipinski definition) is 2. The van der Waals surface area contributed by atoms with E-state index in [1.165, 1.54) is 11.1 Å². The largest absolute Gasteiger partial charge is 0.392 e. The van der Waals surface area contributed by atoms with E-state index in [1.54, 1.807) is 7.11 Å². The van der Waals surface area contributed by atoms with Gasteiger partial charge in [-0.1, -0.05) is 44.9 Å². The first kappa shape index (κ1) is 18.2. The molecule has 136 valence electrons. The SMILES string of the molecule is COC[C@@]1(O)CC[C@@H]2C1=C[C@@]1(C)CCC(C(C)C)=C1C[C@H](O)[C@@H]2C. The third-order valence-electron chi connectivity index (χ3n) is 7.01. The molecule has 5 atom stereocenters. The molecule has 1 saturated carbocycles. The van der Waals surface area contributed by atoms with Gasteiger partial charge in [-0.05, 0) is 55.4 Å². The number of fused-ring (bicyclic) bond motifs is 2. The van der Waals surface area contributed by atoms with Crippen molar-refractivity contribution in [3.63, 3.8) is 0 Å². The Hall–Kier alpha value is -0.640. The Morgan fingerprint density at radius 1 is 1.33 bits per heavy atom. The Labute approximate surface area is 146 Å². The maximum Gasteiger partial charge on any atom is 0.109 e. The first-order chi connectivity index (χ1) is 11.2. The smallest absolute Gasteiger partial charge is 0.109 e. The summed E-state index contributed by atoms with van der Waals surface area (Å²) in [6, 6.07) is 0. The highest BCUT2D eigenvalue weighted by atomic mass is 16.5. The van der Waals surface area contributed by atoms with Crippen LogP contribution in [0.5, 0.6) is 0 Å². The Morgan fingerprint density at radius 2 is 2.04 bits per heavy atom. The van der Waals surface area contributed by atoms with Crippen LogP contribution in [0.4, 0.5) is 0 Å². The average molecular weight is 335 g/mol. The van der Waals surface area contributed by atoms with Crippen molar-refractivity contribution in [2.75, 3.05) is 13.7 Å². The Kier molecular flexibility index (Phi) is 4.74. The highest BCUT2D eigenvalue weighted by Gasteiger charge is 2.49. The van der Waals surface area contributed by atoms with Crippen molar-refractivity contribution in [2.45, 2.75) is 71.5 Å². The number of rotatable bonds is 3. The number of hydrogen-bond acceptors (Lipinski definition) is 3. The van der Waals surface area contributed by atoms with Gasteiger partial charge in [0.1, 0.15) is 5.60 Å². The van der Waals surface area contributed by atoms with Crippen LogP contribution in [0, 0.1) is 23.2 Å². The molecule has 0 aromatic carbocycles. The maximum absolute atomic E-state index is 11.2. The summed E-state index contributed by atoms with van der Waals surface area (Å²) in [5.74, 6) is 0.967. The van der Waals surface area contributed by atoms with Crippen molar-refractivity contribution in [3.8, 4) is 0 Å². The molecule has 0 unspecified atom stereocenters. The van der Waals surface area contributed by atoms with Crippen molar-refractivity contribution in [2.24, 2.45) is 23.2 Å². The predicted molar refractivity (Wildman–Crippen MR) is 96.6 cm³/mol. The van der Waals surface area contributed by atoms with E-state index < -0.39 is 5.60 Å². The number of allylic oxidation sites excluding steroid dienone is 2. The second kappa shape index (κ2) is 6.26. The first-order valence-corrected chi connectivity index (χ1v) is 9.57. The molecule has 0 radical (unpaired) electrons. The van der Waals surface area contributed by atoms with Gasteiger partial charge >= 0.3 is 0 Å². The van der Waals surface area contributed by atoms with Crippen LogP contribution in [-0.2, 0) is 4.74 Å². The minimum atomic E-state index is -0.862. The minimum Gasteiger partial charge on any atom is -0.392 e. The molecule has 0 saturated heterocycles. The minimum absolute atomic E-state index is 0.0274. The Balaban J connectivity index is 2.12. The van der Waals surface area contributed by atoms with E-state index in [1.807, 2.05) is 0 Å². The molecule has 3 aliphatic rings. The van der Waals surface area contributed by atoms with Crippen LogP contribution < -0.4 is 0 Å². The first-order valence-electron chi connectivity index (χ1n) is 9.57. The zero-order valence-electron chi connectivity index (χ0n) is 15.9. The van der Waals surface area contributed by atoms with Crippen LogP contribution in [0.15, 0.2) is 22.8 Å². The summed E-state index contributed by atoms with van der Waals surface area (Å²) in [6.45, 7) is 9.32. The van der Waals surface area contributed by atoms with Crippen molar-refractivity contribution in [3.05, 3.63) is 22.8 Å². The van der Waals surface area contributed by atoms with E-state index in [0.717, 1.165) is 37.7 Å². The van der Waals surface area contributed by atoms with Gasteiger partial charge in [0.25, 0.3) is 0 Å². The van der Waals surface area contributed by atoms with Crippen molar-refractivity contribution in [1.29, 1.82) is 0 Å². The quantitative estimate of drug-likeness (QED) is 0.771. The molecular weight excluding hydrogens is 300 g/mol. The standard InChI is InChI=1S/C21H34O3/c1-13(2)15-6-8-20(4)11-18-16(7-9-21(18,23)12-24-5)14(3)19(22)10-17(15)20/h11,13-14,16,19,22-23H,6-10,12H2,1-5H3/t14-,16+,19+,20-,21+/m1/s1. The second-order valence-electron chi connectivity index (χ2n) is 8.92. The molecular formula is C21H34O3. The predicted octanol–water partition coefficient (Wildman–Crippen LogP) is 3.85. The normalized spacial score (nSPS) is 42.7. The second-order valence-corrected chi connectivity index (χ2v) is 8.92. The summed E-state index contributed by atoms with van der Waals surface area (Å²) < 4.78 is 5.35. The molecule has 3 nitrogen and oxygen atoms in total. The summed E-state index contributed by atoms with van der Waals surface area (Å²) in [4.78, 5) is 0. The molecule has 0 aromatic heterocycles. The summed E-state index contributed by atoms with van der Waals surface area (Å²) in [5.41, 5.74) is 3.18. The van der Waals surface area contributed by atoms with E-state index in [-0.39, 0.29) is 23.4 Å². The molecule has 0 amide bonds. The maximum atomic E-state index is 11.2. The molecule has 1 fully saturated rings. The van der Waals surface area contributed by atoms with Crippen molar-refractivity contribution < 1.29 is 14.9 Å². The molecule has 0 heterocycles. The van der Waals surface area contributed by atoms with Gasteiger partial charge in [-0.2, -0.15) is 0 Å². The summed E-state index contributed by atoms with van der Waals surface area (Å²) in [5, 5.41) is 22.1. The van der Waals surface area contributed by atoms with E-state index in [9.17, 15) is 10.2 Å². The average Bonchev–Trinajstić information content (AvgIpc) is 2.98. The lowest BCUT2D eigenvalue weighted by atomic mass is 9.69. The van der Waals surface area contributed by atoms with Crippen molar-refractivity contribution in [1.82, 2.24) is 0 Å². The van der Waals surface area contributed by atoms with E-state index in [0.29, 0.717) is 12.5 Å². The van der Waals surface area contributed by atoms with Gasteiger partial charge in [-0.15, -0.1) is 0 Å². The Morgan fingerprint density at radius 3 is 2.67 bits per heavy atom. The number of aliphatic hydroxyl groups excluding tert-OH is 1. The van der Waals surface area contributed by atoms with Gasteiger partial charge in [-0.25, -0.2) is 0 Å².